The maximum atomic E-state index is 5.92. The summed E-state index contributed by atoms with van der Waals surface area (Å²) in [5.41, 5.74) is 7.14. The standard InChI is InChI=1S/C13H19NO2/c1-8(14)10-7-11(10)12-6-9(15-2)4-5-13(12)16-3/h4-6,8,10-11H,7,14H2,1-3H3/t8-,10-,11+/m1/s1. The van der Waals surface area contributed by atoms with Crippen LogP contribution < -0.4 is 15.2 Å². The average molecular weight is 221 g/mol. The van der Waals surface area contributed by atoms with Crippen LogP contribution >= 0.6 is 0 Å². The molecule has 16 heavy (non-hydrogen) atoms. The van der Waals surface area contributed by atoms with E-state index in [1.165, 1.54) is 5.56 Å². The monoisotopic (exact) mass is 221 g/mol. The molecule has 0 aromatic heterocycles. The quantitative estimate of drug-likeness (QED) is 0.847. The molecule has 1 aromatic rings. The summed E-state index contributed by atoms with van der Waals surface area (Å²) in [4.78, 5) is 0. The summed E-state index contributed by atoms with van der Waals surface area (Å²) in [5, 5.41) is 0. The zero-order valence-corrected chi connectivity index (χ0v) is 10.1. The molecule has 0 saturated heterocycles. The van der Waals surface area contributed by atoms with Crippen molar-refractivity contribution < 1.29 is 9.47 Å². The Hall–Kier alpha value is -1.22. The summed E-state index contributed by atoms with van der Waals surface area (Å²) < 4.78 is 10.6. The van der Waals surface area contributed by atoms with Gasteiger partial charge in [-0.2, -0.15) is 0 Å². The van der Waals surface area contributed by atoms with E-state index in [-0.39, 0.29) is 6.04 Å². The number of rotatable bonds is 4. The highest BCUT2D eigenvalue weighted by Gasteiger charge is 2.42. The second-order valence-electron chi connectivity index (χ2n) is 4.47. The van der Waals surface area contributed by atoms with Crippen molar-refractivity contribution in [2.24, 2.45) is 11.7 Å². The molecule has 3 atom stereocenters. The molecule has 1 fully saturated rings. The minimum atomic E-state index is 0.251. The van der Waals surface area contributed by atoms with E-state index in [4.69, 9.17) is 15.2 Å². The summed E-state index contributed by atoms with van der Waals surface area (Å²) in [6, 6.07) is 6.20. The lowest BCUT2D eigenvalue weighted by Crippen LogP contribution is -2.18. The topological polar surface area (TPSA) is 44.5 Å². The largest absolute Gasteiger partial charge is 0.497 e. The third kappa shape index (κ3) is 2.00. The highest BCUT2D eigenvalue weighted by atomic mass is 16.5. The van der Waals surface area contributed by atoms with Crippen LogP contribution in [-0.4, -0.2) is 20.3 Å². The molecule has 0 aliphatic heterocycles. The van der Waals surface area contributed by atoms with Crippen molar-refractivity contribution in [3.8, 4) is 11.5 Å². The highest BCUT2D eigenvalue weighted by molar-refractivity contribution is 5.45. The Kier molecular flexibility index (Phi) is 3.06. The molecular formula is C13H19NO2. The van der Waals surface area contributed by atoms with Crippen LogP contribution in [-0.2, 0) is 0 Å². The van der Waals surface area contributed by atoms with Crippen molar-refractivity contribution in [2.45, 2.75) is 25.3 Å². The molecule has 0 spiro atoms. The first-order chi connectivity index (χ1) is 7.67. The van der Waals surface area contributed by atoms with Crippen LogP contribution in [0.2, 0.25) is 0 Å². The van der Waals surface area contributed by atoms with Gasteiger partial charge in [-0.15, -0.1) is 0 Å². The maximum Gasteiger partial charge on any atom is 0.122 e. The fourth-order valence-corrected chi connectivity index (χ4v) is 2.28. The fraction of sp³-hybridized carbons (Fsp3) is 0.538. The van der Waals surface area contributed by atoms with Gasteiger partial charge in [-0.25, -0.2) is 0 Å². The van der Waals surface area contributed by atoms with Crippen molar-refractivity contribution in [1.82, 2.24) is 0 Å². The van der Waals surface area contributed by atoms with Crippen LogP contribution in [0, 0.1) is 5.92 Å². The van der Waals surface area contributed by atoms with E-state index in [0.29, 0.717) is 11.8 Å². The van der Waals surface area contributed by atoms with Gasteiger partial charge in [0.25, 0.3) is 0 Å². The van der Waals surface area contributed by atoms with Gasteiger partial charge < -0.3 is 15.2 Å². The number of benzene rings is 1. The Morgan fingerprint density at radius 3 is 2.56 bits per heavy atom. The predicted octanol–water partition coefficient (Wildman–Crippen LogP) is 2.15. The summed E-state index contributed by atoms with van der Waals surface area (Å²) in [6.07, 6.45) is 1.15. The molecule has 1 aliphatic carbocycles. The minimum Gasteiger partial charge on any atom is -0.497 e. The average Bonchev–Trinajstić information content (AvgIpc) is 3.08. The molecule has 1 aliphatic rings. The van der Waals surface area contributed by atoms with Gasteiger partial charge in [-0.05, 0) is 43.4 Å². The lowest BCUT2D eigenvalue weighted by Gasteiger charge is -2.11. The van der Waals surface area contributed by atoms with Crippen LogP contribution in [0.5, 0.6) is 11.5 Å². The van der Waals surface area contributed by atoms with Crippen molar-refractivity contribution in [3.05, 3.63) is 23.8 Å². The van der Waals surface area contributed by atoms with Crippen molar-refractivity contribution >= 4 is 0 Å². The van der Waals surface area contributed by atoms with E-state index < -0.39 is 0 Å². The van der Waals surface area contributed by atoms with E-state index in [1.54, 1.807) is 14.2 Å². The van der Waals surface area contributed by atoms with Crippen LogP contribution in [0.3, 0.4) is 0 Å². The van der Waals surface area contributed by atoms with E-state index in [2.05, 4.69) is 13.0 Å². The summed E-state index contributed by atoms with van der Waals surface area (Å²) in [6.45, 7) is 2.07. The number of ether oxygens (including phenoxy) is 2. The Morgan fingerprint density at radius 2 is 2.06 bits per heavy atom. The molecule has 1 aromatic carbocycles. The van der Waals surface area contributed by atoms with E-state index in [9.17, 15) is 0 Å². The van der Waals surface area contributed by atoms with Crippen LogP contribution in [0.4, 0.5) is 0 Å². The molecule has 0 radical (unpaired) electrons. The van der Waals surface area contributed by atoms with E-state index >= 15 is 0 Å². The zero-order chi connectivity index (χ0) is 11.7. The van der Waals surface area contributed by atoms with Gasteiger partial charge in [-0.3, -0.25) is 0 Å². The van der Waals surface area contributed by atoms with Crippen molar-refractivity contribution in [3.63, 3.8) is 0 Å². The Labute approximate surface area is 96.5 Å². The van der Waals surface area contributed by atoms with E-state index in [1.807, 2.05) is 12.1 Å². The van der Waals surface area contributed by atoms with Crippen molar-refractivity contribution in [2.75, 3.05) is 14.2 Å². The smallest absolute Gasteiger partial charge is 0.122 e. The van der Waals surface area contributed by atoms with Gasteiger partial charge in [0.2, 0.25) is 0 Å². The van der Waals surface area contributed by atoms with Gasteiger partial charge in [0.1, 0.15) is 11.5 Å². The fourth-order valence-electron chi connectivity index (χ4n) is 2.28. The molecule has 3 nitrogen and oxygen atoms in total. The Morgan fingerprint density at radius 1 is 1.31 bits per heavy atom. The molecule has 3 heteroatoms. The van der Waals surface area contributed by atoms with Crippen molar-refractivity contribution in [1.29, 1.82) is 0 Å². The summed E-state index contributed by atoms with van der Waals surface area (Å²) in [5.74, 6) is 2.94. The van der Waals surface area contributed by atoms with Gasteiger partial charge in [0, 0.05) is 11.6 Å². The summed E-state index contributed by atoms with van der Waals surface area (Å²) >= 11 is 0. The molecule has 2 N–H and O–H groups in total. The minimum absolute atomic E-state index is 0.251. The molecule has 0 amide bonds. The van der Waals surface area contributed by atoms with Gasteiger partial charge in [0.05, 0.1) is 14.2 Å². The molecule has 0 bridgehead atoms. The molecule has 0 heterocycles. The number of hydrogen-bond donors (Lipinski definition) is 1. The molecule has 0 unspecified atom stereocenters. The zero-order valence-electron chi connectivity index (χ0n) is 10.1. The second kappa shape index (κ2) is 4.34. The van der Waals surface area contributed by atoms with Crippen LogP contribution in [0.1, 0.15) is 24.8 Å². The first kappa shape index (κ1) is 11.3. The molecule has 88 valence electrons. The first-order valence-corrected chi connectivity index (χ1v) is 5.65. The first-order valence-electron chi connectivity index (χ1n) is 5.65. The van der Waals surface area contributed by atoms with E-state index in [0.717, 1.165) is 17.9 Å². The Bertz CT molecular complexity index is 376. The van der Waals surface area contributed by atoms with Crippen LogP contribution in [0.25, 0.3) is 0 Å². The molecular weight excluding hydrogens is 202 g/mol. The van der Waals surface area contributed by atoms with Crippen LogP contribution in [0.15, 0.2) is 18.2 Å². The Balaban J connectivity index is 2.25. The maximum absolute atomic E-state index is 5.92. The third-order valence-corrected chi connectivity index (χ3v) is 3.35. The lowest BCUT2D eigenvalue weighted by atomic mass is 10.1. The molecule has 1 saturated carbocycles. The number of nitrogens with two attached hydrogens (primary N) is 1. The number of methoxy groups -OCH3 is 2. The molecule has 2 rings (SSSR count). The normalized spacial score (nSPS) is 25.0. The third-order valence-electron chi connectivity index (χ3n) is 3.35. The number of hydrogen-bond acceptors (Lipinski definition) is 3. The summed E-state index contributed by atoms with van der Waals surface area (Å²) in [7, 11) is 3.39. The van der Waals surface area contributed by atoms with Gasteiger partial charge in [0.15, 0.2) is 0 Å². The SMILES string of the molecule is COc1ccc(OC)c([C@H]2C[C@@H]2[C@@H](C)N)c1. The van der Waals surface area contributed by atoms with Gasteiger partial charge >= 0.3 is 0 Å². The predicted molar refractivity (Wildman–Crippen MR) is 64.0 cm³/mol. The second-order valence-corrected chi connectivity index (χ2v) is 4.47. The highest BCUT2D eigenvalue weighted by Crippen LogP contribution is 2.52. The lowest BCUT2D eigenvalue weighted by molar-refractivity contribution is 0.398. The van der Waals surface area contributed by atoms with Gasteiger partial charge in [-0.1, -0.05) is 0 Å².